The summed E-state index contributed by atoms with van der Waals surface area (Å²) in [6, 6.07) is 11.8. The van der Waals surface area contributed by atoms with Crippen LogP contribution in [0.15, 0.2) is 42.5 Å². The van der Waals surface area contributed by atoms with Gasteiger partial charge in [0.25, 0.3) is 5.91 Å². The van der Waals surface area contributed by atoms with Gasteiger partial charge in [-0.25, -0.2) is 0 Å². The zero-order valence-electron chi connectivity index (χ0n) is 21.1. The lowest BCUT2D eigenvalue weighted by atomic mass is 10.1. The number of hydrogen-bond acceptors (Lipinski definition) is 6. The van der Waals surface area contributed by atoms with E-state index in [0.717, 1.165) is 11.3 Å². The van der Waals surface area contributed by atoms with Gasteiger partial charge in [-0.3, -0.25) is 9.59 Å². The fraction of sp³-hybridized carbons (Fsp3) is 0.462. The predicted molar refractivity (Wildman–Crippen MR) is 131 cm³/mol. The molecule has 8 heteroatoms. The van der Waals surface area contributed by atoms with Gasteiger partial charge in [0.05, 0.1) is 21.3 Å². The third kappa shape index (κ3) is 7.86. The molecule has 0 saturated carbocycles. The number of hydrogen-bond donors (Lipinski definition) is 1. The molecule has 2 amide bonds. The van der Waals surface area contributed by atoms with Gasteiger partial charge in [-0.2, -0.15) is 0 Å². The van der Waals surface area contributed by atoms with E-state index in [4.69, 9.17) is 18.9 Å². The van der Waals surface area contributed by atoms with Gasteiger partial charge in [-0.15, -0.1) is 0 Å². The fourth-order valence-corrected chi connectivity index (χ4v) is 3.39. The minimum atomic E-state index is -0.655. The van der Waals surface area contributed by atoms with Crippen LogP contribution >= 0.6 is 0 Å². The molecule has 0 fully saturated rings. The molecule has 2 rings (SSSR count). The zero-order chi connectivity index (χ0) is 25.3. The molecule has 0 heterocycles. The van der Waals surface area contributed by atoms with E-state index < -0.39 is 11.6 Å². The van der Waals surface area contributed by atoms with Crippen molar-refractivity contribution >= 4 is 11.8 Å². The van der Waals surface area contributed by atoms with E-state index in [1.807, 2.05) is 52.0 Å². The Morgan fingerprint density at radius 2 is 1.41 bits per heavy atom. The first-order valence-corrected chi connectivity index (χ1v) is 11.2. The van der Waals surface area contributed by atoms with Crippen LogP contribution in [0.5, 0.6) is 23.0 Å². The zero-order valence-corrected chi connectivity index (χ0v) is 21.1. The van der Waals surface area contributed by atoms with Crippen LogP contribution in [0, 0.1) is 0 Å². The van der Waals surface area contributed by atoms with Crippen LogP contribution < -0.4 is 24.3 Å². The molecule has 1 atom stereocenters. The van der Waals surface area contributed by atoms with Crippen molar-refractivity contribution in [2.24, 2.45) is 0 Å². The van der Waals surface area contributed by atoms with E-state index in [1.54, 1.807) is 44.4 Å². The van der Waals surface area contributed by atoms with Crippen molar-refractivity contribution in [3.05, 3.63) is 48.0 Å². The number of methoxy groups -OCH3 is 3. The molecule has 0 aliphatic heterocycles. The van der Waals surface area contributed by atoms with Crippen LogP contribution in [-0.2, 0) is 16.1 Å². The lowest BCUT2D eigenvalue weighted by Crippen LogP contribution is -2.54. The molecule has 8 nitrogen and oxygen atoms in total. The van der Waals surface area contributed by atoms with Crippen molar-refractivity contribution < 1.29 is 28.5 Å². The molecule has 0 radical (unpaired) electrons. The topological polar surface area (TPSA) is 86.3 Å². The summed E-state index contributed by atoms with van der Waals surface area (Å²) in [5, 5.41) is 2.99. The van der Waals surface area contributed by atoms with Gasteiger partial charge in [0.2, 0.25) is 5.91 Å². The molecule has 2 aromatic rings. The van der Waals surface area contributed by atoms with Gasteiger partial charge in [0.1, 0.15) is 29.0 Å². The second kappa shape index (κ2) is 12.2. The standard InChI is InChI=1S/C26H36N2O6/c1-8-23(25(30)27-26(2,3)4)28(16-18-9-11-19(31-5)12-10-18)24(29)17-34-22-14-20(32-6)13-21(15-22)33-7/h9-15,23H,8,16-17H2,1-7H3,(H,27,30)/t23-/m0/s1. The normalized spacial score (nSPS) is 11.9. The smallest absolute Gasteiger partial charge is 0.261 e. The summed E-state index contributed by atoms with van der Waals surface area (Å²) in [5.41, 5.74) is 0.451. The SMILES string of the molecule is CC[C@@H](C(=O)NC(C)(C)C)N(Cc1ccc(OC)cc1)C(=O)COc1cc(OC)cc(OC)c1. The van der Waals surface area contributed by atoms with Crippen LogP contribution in [0.4, 0.5) is 0 Å². The van der Waals surface area contributed by atoms with E-state index in [9.17, 15) is 9.59 Å². The average Bonchev–Trinajstić information content (AvgIpc) is 2.81. The molecule has 0 spiro atoms. The largest absolute Gasteiger partial charge is 0.497 e. The highest BCUT2D eigenvalue weighted by Gasteiger charge is 2.31. The second-order valence-corrected chi connectivity index (χ2v) is 8.87. The van der Waals surface area contributed by atoms with Gasteiger partial charge in [-0.1, -0.05) is 19.1 Å². The Balaban J connectivity index is 2.27. The summed E-state index contributed by atoms with van der Waals surface area (Å²) in [6.07, 6.45) is 0.455. The number of amides is 2. The van der Waals surface area contributed by atoms with Crippen LogP contribution in [0.3, 0.4) is 0 Å². The van der Waals surface area contributed by atoms with Gasteiger partial charge in [0.15, 0.2) is 6.61 Å². The Morgan fingerprint density at radius 1 is 0.882 bits per heavy atom. The number of ether oxygens (including phenoxy) is 4. The van der Waals surface area contributed by atoms with Crippen LogP contribution in [-0.4, -0.2) is 56.2 Å². The lowest BCUT2D eigenvalue weighted by Gasteiger charge is -2.33. The van der Waals surface area contributed by atoms with E-state index >= 15 is 0 Å². The van der Waals surface area contributed by atoms with Crippen LogP contribution in [0.1, 0.15) is 39.7 Å². The Kier molecular flexibility index (Phi) is 9.59. The first-order valence-electron chi connectivity index (χ1n) is 11.2. The van der Waals surface area contributed by atoms with Crippen molar-refractivity contribution in [3.63, 3.8) is 0 Å². The van der Waals surface area contributed by atoms with E-state index in [2.05, 4.69) is 5.32 Å². The maximum atomic E-state index is 13.4. The monoisotopic (exact) mass is 472 g/mol. The molecule has 0 saturated heterocycles. The van der Waals surface area contributed by atoms with Crippen LogP contribution in [0.25, 0.3) is 0 Å². The van der Waals surface area contributed by atoms with Crippen molar-refractivity contribution in [1.82, 2.24) is 10.2 Å². The summed E-state index contributed by atoms with van der Waals surface area (Å²) < 4.78 is 21.5. The van der Waals surface area contributed by atoms with E-state index in [1.165, 1.54) is 0 Å². The molecule has 0 bridgehead atoms. The number of benzene rings is 2. The maximum Gasteiger partial charge on any atom is 0.261 e. The van der Waals surface area contributed by atoms with Gasteiger partial charge in [0, 0.05) is 30.3 Å². The minimum absolute atomic E-state index is 0.208. The quantitative estimate of drug-likeness (QED) is 0.535. The molecular weight excluding hydrogens is 436 g/mol. The first kappa shape index (κ1) is 26.8. The van der Waals surface area contributed by atoms with Crippen LogP contribution in [0.2, 0.25) is 0 Å². The number of rotatable bonds is 11. The molecule has 0 aromatic heterocycles. The van der Waals surface area contributed by atoms with Crippen molar-refractivity contribution in [1.29, 1.82) is 0 Å². The van der Waals surface area contributed by atoms with Crippen molar-refractivity contribution in [2.45, 2.75) is 52.2 Å². The Hall–Kier alpha value is -3.42. The van der Waals surface area contributed by atoms with Crippen molar-refractivity contribution in [2.75, 3.05) is 27.9 Å². The molecule has 2 aromatic carbocycles. The first-order chi connectivity index (χ1) is 16.1. The summed E-state index contributed by atoms with van der Waals surface area (Å²) >= 11 is 0. The number of nitrogens with one attached hydrogen (secondary N) is 1. The minimum Gasteiger partial charge on any atom is -0.497 e. The summed E-state index contributed by atoms with van der Waals surface area (Å²) in [4.78, 5) is 28.0. The maximum absolute atomic E-state index is 13.4. The molecule has 0 aliphatic rings. The third-order valence-corrected chi connectivity index (χ3v) is 5.08. The highest BCUT2D eigenvalue weighted by atomic mass is 16.5. The third-order valence-electron chi connectivity index (χ3n) is 5.08. The lowest BCUT2D eigenvalue weighted by molar-refractivity contribution is -0.143. The molecule has 34 heavy (non-hydrogen) atoms. The highest BCUT2D eigenvalue weighted by Crippen LogP contribution is 2.27. The number of nitrogens with zero attached hydrogens (tertiary/aromatic N) is 1. The molecular formula is C26H36N2O6. The molecule has 0 aliphatic carbocycles. The van der Waals surface area contributed by atoms with Gasteiger partial charge < -0.3 is 29.2 Å². The number of carbonyl (C=O) groups excluding carboxylic acids is 2. The number of carbonyl (C=O) groups is 2. The highest BCUT2D eigenvalue weighted by molar-refractivity contribution is 5.88. The summed E-state index contributed by atoms with van der Waals surface area (Å²) in [6.45, 7) is 7.62. The molecule has 1 N–H and O–H groups in total. The molecule has 186 valence electrons. The predicted octanol–water partition coefficient (Wildman–Crippen LogP) is 3.81. The molecule has 0 unspecified atom stereocenters. The van der Waals surface area contributed by atoms with E-state index in [-0.39, 0.29) is 25.0 Å². The average molecular weight is 473 g/mol. The van der Waals surface area contributed by atoms with Crippen molar-refractivity contribution in [3.8, 4) is 23.0 Å². The van der Waals surface area contributed by atoms with Gasteiger partial charge >= 0.3 is 0 Å². The summed E-state index contributed by atoms with van der Waals surface area (Å²) in [5.74, 6) is 1.73. The second-order valence-electron chi connectivity index (χ2n) is 8.87. The van der Waals surface area contributed by atoms with Gasteiger partial charge in [-0.05, 0) is 44.9 Å². The Morgan fingerprint density at radius 3 is 1.88 bits per heavy atom. The fourth-order valence-electron chi connectivity index (χ4n) is 3.39. The summed E-state index contributed by atoms with van der Waals surface area (Å²) in [7, 11) is 4.68. The Bertz CT molecular complexity index is 931. The Labute approximate surface area is 202 Å². The van der Waals surface area contributed by atoms with E-state index in [0.29, 0.717) is 23.7 Å².